The second-order valence-corrected chi connectivity index (χ2v) is 5.22. The van der Waals surface area contributed by atoms with E-state index in [2.05, 4.69) is 4.98 Å². The third kappa shape index (κ3) is 2.20. The minimum absolute atomic E-state index is 0.104. The lowest BCUT2D eigenvalue weighted by molar-refractivity contribution is -0.131. The van der Waals surface area contributed by atoms with Gasteiger partial charge in [-0.25, -0.2) is 0 Å². The summed E-state index contributed by atoms with van der Waals surface area (Å²) >= 11 is 0. The highest BCUT2D eigenvalue weighted by Crippen LogP contribution is 2.33. The van der Waals surface area contributed by atoms with E-state index in [1.807, 2.05) is 35.2 Å². The minimum atomic E-state index is 0.104. The van der Waals surface area contributed by atoms with Crippen molar-refractivity contribution >= 4 is 5.91 Å². The van der Waals surface area contributed by atoms with Crippen LogP contribution in [0, 0.1) is 0 Å². The molecule has 2 aromatic rings. The number of hydrogen-bond acceptors (Lipinski definition) is 4. The van der Waals surface area contributed by atoms with Gasteiger partial charge in [-0.05, 0) is 29.3 Å². The maximum atomic E-state index is 12.4. The van der Waals surface area contributed by atoms with Crippen molar-refractivity contribution < 1.29 is 14.3 Å². The van der Waals surface area contributed by atoms with Gasteiger partial charge in [0.2, 0.25) is 12.7 Å². The van der Waals surface area contributed by atoms with Gasteiger partial charge in [0.05, 0.1) is 18.7 Å². The number of nitrogens with zero attached hydrogens (tertiary/aromatic N) is 2. The van der Waals surface area contributed by atoms with E-state index >= 15 is 0 Å². The highest BCUT2D eigenvalue weighted by Gasteiger charge is 2.24. The maximum absolute atomic E-state index is 12.4. The van der Waals surface area contributed by atoms with Gasteiger partial charge >= 0.3 is 0 Å². The van der Waals surface area contributed by atoms with Gasteiger partial charge in [-0.15, -0.1) is 0 Å². The molecule has 3 heterocycles. The lowest BCUT2D eigenvalue weighted by Crippen LogP contribution is -2.26. The molecule has 1 aromatic carbocycles. The largest absolute Gasteiger partial charge is 0.454 e. The fourth-order valence-corrected chi connectivity index (χ4v) is 2.71. The van der Waals surface area contributed by atoms with Crippen LogP contribution in [0.5, 0.6) is 11.5 Å². The Balaban J connectivity index is 1.47. The van der Waals surface area contributed by atoms with Crippen molar-refractivity contribution in [3.63, 3.8) is 0 Å². The molecule has 1 aromatic heterocycles. The van der Waals surface area contributed by atoms with Gasteiger partial charge in [-0.1, -0.05) is 12.1 Å². The second kappa shape index (κ2) is 4.77. The zero-order valence-electron chi connectivity index (χ0n) is 11.4. The summed E-state index contributed by atoms with van der Waals surface area (Å²) in [6.07, 6.45) is 2.13. The third-order valence-electron chi connectivity index (χ3n) is 3.83. The van der Waals surface area contributed by atoms with Gasteiger partial charge in [0.1, 0.15) is 0 Å². The summed E-state index contributed by atoms with van der Waals surface area (Å²) in [4.78, 5) is 18.6. The van der Waals surface area contributed by atoms with Crippen LogP contribution in [0.15, 0.2) is 36.5 Å². The topological polar surface area (TPSA) is 51.7 Å². The summed E-state index contributed by atoms with van der Waals surface area (Å²) < 4.78 is 10.6. The summed E-state index contributed by atoms with van der Waals surface area (Å²) in [6, 6.07) is 9.57. The van der Waals surface area contributed by atoms with Crippen LogP contribution in [0.3, 0.4) is 0 Å². The molecule has 0 bridgehead atoms. The Bertz CT molecular complexity index is 689. The van der Waals surface area contributed by atoms with Crippen molar-refractivity contribution in [1.29, 1.82) is 0 Å². The second-order valence-electron chi connectivity index (χ2n) is 5.22. The molecule has 0 saturated heterocycles. The number of carbonyl (C=O) groups excluding carboxylic acids is 1. The number of ether oxygens (including phenoxy) is 2. The fraction of sp³-hybridized carbons (Fsp3) is 0.250. The number of benzene rings is 1. The van der Waals surface area contributed by atoms with Gasteiger partial charge in [0.25, 0.3) is 0 Å². The molecule has 5 nitrogen and oxygen atoms in total. The zero-order valence-corrected chi connectivity index (χ0v) is 11.4. The molecule has 21 heavy (non-hydrogen) atoms. The van der Waals surface area contributed by atoms with Crippen LogP contribution in [-0.2, 0) is 24.3 Å². The highest BCUT2D eigenvalue weighted by atomic mass is 16.7. The normalized spacial score (nSPS) is 15.1. The first-order valence-electron chi connectivity index (χ1n) is 6.89. The summed E-state index contributed by atoms with van der Waals surface area (Å²) in [5.41, 5.74) is 3.07. The van der Waals surface area contributed by atoms with Gasteiger partial charge in [0, 0.05) is 12.7 Å². The van der Waals surface area contributed by atoms with Crippen molar-refractivity contribution in [3.05, 3.63) is 53.3 Å². The standard InChI is InChI=1S/C16H14N2O3/c19-16(18-8-12-2-1-5-17-13(12)9-18)7-11-3-4-14-15(6-11)21-10-20-14/h1-6H,7-10H2. The van der Waals surface area contributed by atoms with Crippen LogP contribution in [0.25, 0.3) is 0 Å². The molecule has 0 saturated carbocycles. The smallest absolute Gasteiger partial charge is 0.231 e. The lowest BCUT2D eigenvalue weighted by Gasteiger charge is -2.15. The molecule has 0 fully saturated rings. The van der Waals surface area contributed by atoms with Gasteiger partial charge in [-0.3, -0.25) is 9.78 Å². The van der Waals surface area contributed by atoms with Gasteiger partial charge in [0.15, 0.2) is 11.5 Å². The van der Waals surface area contributed by atoms with Gasteiger partial charge < -0.3 is 14.4 Å². The molecule has 1 amide bonds. The molecule has 0 radical (unpaired) electrons. The average Bonchev–Trinajstić information content (AvgIpc) is 3.13. The number of carbonyl (C=O) groups is 1. The number of amides is 1. The van der Waals surface area contributed by atoms with Crippen molar-refractivity contribution in [2.24, 2.45) is 0 Å². The predicted molar refractivity (Wildman–Crippen MR) is 74.8 cm³/mol. The molecule has 0 aliphatic carbocycles. The Morgan fingerprint density at radius 3 is 3.00 bits per heavy atom. The number of pyridine rings is 1. The van der Waals surface area contributed by atoms with Crippen LogP contribution < -0.4 is 9.47 Å². The molecule has 2 aliphatic rings. The van der Waals surface area contributed by atoms with Crippen LogP contribution in [0.2, 0.25) is 0 Å². The lowest BCUT2D eigenvalue weighted by atomic mass is 10.1. The monoisotopic (exact) mass is 282 g/mol. The van der Waals surface area contributed by atoms with Gasteiger partial charge in [-0.2, -0.15) is 0 Å². The maximum Gasteiger partial charge on any atom is 0.231 e. The van der Waals surface area contributed by atoms with Crippen LogP contribution in [0.4, 0.5) is 0 Å². The number of rotatable bonds is 2. The summed E-state index contributed by atoms with van der Waals surface area (Å²) in [7, 11) is 0. The Labute approximate surface area is 122 Å². The average molecular weight is 282 g/mol. The van der Waals surface area contributed by atoms with Crippen molar-refractivity contribution in [3.8, 4) is 11.5 Å². The minimum Gasteiger partial charge on any atom is -0.454 e. The number of fused-ring (bicyclic) bond motifs is 2. The SMILES string of the molecule is O=C(Cc1ccc2c(c1)OCO2)N1Cc2cccnc2C1. The molecule has 5 heteroatoms. The van der Waals surface area contributed by atoms with E-state index in [9.17, 15) is 4.79 Å². The third-order valence-corrected chi connectivity index (χ3v) is 3.83. The van der Waals surface area contributed by atoms with E-state index in [0.29, 0.717) is 25.3 Å². The molecule has 0 N–H and O–H groups in total. The molecule has 106 valence electrons. The first-order chi connectivity index (χ1) is 10.3. The number of hydrogen-bond donors (Lipinski definition) is 0. The van der Waals surface area contributed by atoms with E-state index in [4.69, 9.17) is 9.47 Å². The molecule has 0 spiro atoms. The van der Waals surface area contributed by atoms with Crippen LogP contribution in [0.1, 0.15) is 16.8 Å². The van der Waals surface area contributed by atoms with E-state index in [1.165, 1.54) is 0 Å². The Morgan fingerprint density at radius 2 is 2.10 bits per heavy atom. The Hall–Kier alpha value is -2.56. The predicted octanol–water partition coefficient (Wildman–Crippen LogP) is 1.90. The fourth-order valence-electron chi connectivity index (χ4n) is 2.71. The first-order valence-corrected chi connectivity index (χ1v) is 6.89. The van der Waals surface area contributed by atoms with E-state index in [0.717, 1.165) is 22.6 Å². The van der Waals surface area contributed by atoms with Crippen LogP contribution in [-0.4, -0.2) is 22.6 Å². The molecule has 0 unspecified atom stereocenters. The van der Waals surface area contributed by atoms with Crippen molar-refractivity contribution in [2.75, 3.05) is 6.79 Å². The Morgan fingerprint density at radius 1 is 1.19 bits per heavy atom. The molecular weight excluding hydrogens is 268 g/mol. The van der Waals surface area contributed by atoms with E-state index in [-0.39, 0.29) is 12.7 Å². The molecule has 4 rings (SSSR count). The quantitative estimate of drug-likeness (QED) is 0.844. The molecule has 2 aliphatic heterocycles. The molecular formula is C16H14N2O3. The summed E-state index contributed by atoms with van der Waals surface area (Å²) in [5.74, 6) is 1.56. The van der Waals surface area contributed by atoms with Crippen molar-refractivity contribution in [1.82, 2.24) is 9.88 Å². The van der Waals surface area contributed by atoms with E-state index in [1.54, 1.807) is 6.20 Å². The zero-order chi connectivity index (χ0) is 14.2. The number of aromatic nitrogens is 1. The van der Waals surface area contributed by atoms with Crippen LogP contribution >= 0.6 is 0 Å². The summed E-state index contributed by atoms with van der Waals surface area (Å²) in [6.45, 7) is 1.49. The highest BCUT2D eigenvalue weighted by molar-refractivity contribution is 5.79. The Kier molecular flexibility index (Phi) is 2.77. The van der Waals surface area contributed by atoms with Crippen molar-refractivity contribution in [2.45, 2.75) is 19.5 Å². The van der Waals surface area contributed by atoms with E-state index < -0.39 is 0 Å². The molecule has 0 atom stereocenters. The summed E-state index contributed by atoms with van der Waals surface area (Å²) in [5, 5.41) is 0. The first kappa shape index (κ1) is 12.2.